The third-order valence-electron chi connectivity index (χ3n) is 3.48. The van der Waals surface area contributed by atoms with Crippen molar-refractivity contribution in [3.8, 4) is 11.5 Å². The van der Waals surface area contributed by atoms with Gasteiger partial charge in [0.15, 0.2) is 11.5 Å². The highest BCUT2D eigenvalue weighted by molar-refractivity contribution is 6.32. The molecule has 7 nitrogen and oxygen atoms in total. The van der Waals surface area contributed by atoms with Gasteiger partial charge in [0.05, 0.1) is 24.6 Å². The molecule has 8 heteroatoms. The lowest BCUT2D eigenvalue weighted by atomic mass is 10.0. The number of hydrogen-bond donors (Lipinski definition) is 1. The number of halogens is 1. The first-order chi connectivity index (χ1) is 11.1. The third-order valence-corrected chi connectivity index (χ3v) is 3.76. The highest BCUT2D eigenvalue weighted by atomic mass is 35.5. The Morgan fingerprint density at radius 3 is 3.13 bits per heavy atom. The number of hydrogen-bond acceptors (Lipinski definition) is 5. The number of aromatic nitrogens is 3. The van der Waals surface area contributed by atoms with Gasteiger partial charge in [0, 0.05) is 0 Å². The van der Waals surface area contributed by atoms with Crippen LogP contribution < -0.4 is 14.8 Å². The minimum atomic E-state index is -0.305. The normalized spacial score (nSPS) is 16.4. The molecule has 0 spiro atoms. The number of carbonyl (C=O) groups excluding carboxylic acids is 1. The second kappa shape index (κ2) is 6.29. The van der Waals surface area contributed by atoms with Crippen molar-refractivity contribution >= 4 is 23.5 Å². The summed E-state index contributed by atoms with van der Waals surface area (Å²) >= 11 is 6.32. The molecule has 0 saturated carbocycles. The van der Waals surface area contributed by atoms with Gasteiger partial charge in [-0.05, 0) is 17.7 Å². The maximum atomic E-state index is 11.9. The molecule has 0 fully saturated rings. The summed E-state index contributed by atoms with van der Waals surface area (Å²) in [4.78, 5) is 15.9. The zero-order valence-corrected chi connectivity index (χ0v) is 13.2. The van der Waals surface area contributed by atoms with Crippen LogP contribution in [0.4, 0.5) is 5.95 Å². The Balaban J connectivity index is 2.03. The lowest BCUT2D eigenvalue weighted by molar-refractivity contribution is -0.117. The van der Waals surface area contributed by atoms with E-state index in [1.54, 1.807) is 22.9 Å². The van der Waals surface area contributed by atoms with Gasteiger partial charge in [-0.2, -0.15) is 10.1 Å². The van der Waals surface area contributed by atoms with Crippen molar-refractivity contribution < 1.29 is 14.3 Å². The predicted molar refractivity (Wildman–Crippen MR) is 85.1 cm³/mol. The van der Waals surface area contributed by atoms with E-state index >= 15 is 0 Å². The Morgan fingerprint density at radius 1 is 1.57 bits per heavy atom. The van der Waals surface area contributed by atoms with Crippen LogP contribution in [-0.4, -0.2) is 34.4 Å². The molecule has 0 radical (unpaired) electrons. The summed E-state index contributed by atoms with van der Waals surface area (Å²) in [6, 6.07) is 3.23. The minimum Gasteiger partial charge on any atom is -0.493 e. The van der Waals surface area contributed by atoms with E-state index in [1.807, 2.05) is 0 Å². The molecule has 0 saturated heterocycles. The zero-order chi connectivity index (χ0) is 16.4. The lowest BCUT2D eigenvalue weighted by Crippen LogP contribution is -2.29. The van der Waals surface area contributed by atoms with Crippen molar-refractivity contribution in [1.29, 1.82) is 0 Å². The third kappa shape index (κ3) is 2.87. The Bertz CT molecular complexity index is 759. The molecule has 1 aliphatic rings. The molecular formula is C15H15ClN4O3. The summed E-state index contributed by atoms with van der Waals surface area (Å²) < 4.78 is 12.5. The molecule has 3 rings (SSSR count). The van der Waals surface area contributed by atoms with Gasteiger partial charge in [-0.25, -0.2) is 4.68 Å². The average molecular weight is 335 g/mol. The highest BCUT2D eigenvalue weighted by Crippen LogP contribution is 2.40. The van der Waals surface area contributed by atoms with Crippen LogP contribution in [0.1, 0.15) is 18.0 Å². The van der Waals surface area contributed by atoms with Gasteiger partial charge in [0.1, 0.15) is 12.9 Å². The number of nitrogens with one attached hydrogen (secondary N) is 1. The van der Waals surface area contributed by atoms with Crippen LogP contribution in [0.5, 0.6) is 11.5 Å². The van der Waals surface area contributed by atoms with Crippen molar-refractivity contribution in [3.05, 3.63) is 41.7 Å². The zero-order valence-electron chi connectivity index (χ0n) is 12.5. The number of amides is 1. The van der Waals surface area contributed by atoms with E-state index in [4.69, 9.17) is 21.1 Å². The summed E-state index contributed by atoms with van der Waals surface area (Å²) in [7, 11) is 1.53. The van der Waals surface area contributed by atoms with E-state index < -0.39 is 0 Å². The van der Waals surface area contributed by atoms with Crippen LogP contribution in [0, 0.1) is 0 Å². The fourth-order valence-electron chi connectivity index (χ4n) is 2.48. The molecule has 120 valence electrons. The summed E-state index contributed by atoms with van der Waals surface area (Å²) in [6.07, 6.45) is 3.26. The molecule has 1 aromatic heterocycles. The van der Waals surface area contributed by atoms with Crippen LogP contribution in [0.3, 0.4) is 0 Å². The first kappa shape index (κ1) is 15.4. The molecule has 0 unspecified atom stereocenters. The number of benzene rings is 1. The lowest BCUT2D eigenvalue weighted by Gasteiger charge is -2.24. The van der Waals surface area contributed by atoms with Gasteiger partial charge in [-0.15, -0.1) is 0 Å². The summed E-state index contributed by atoms with van der Waals surface area (Å²) in [5.74, 6) is 1.21. The van der Waals surface area contributed by atoms with Crippen LogP contribution in [-0.2, 0) is 4.79 Å². The van der Waals surface area contributed by atoms with Gasteiger partial charge >= 0.3 is 0 Å². The fourth-order valence-corrected chi connectivity index (χ4v) is 2.75. The first-order valence-corrected chi connectivity index (χ1v) is 7.32. The van der Waals surface area contributed by atoms with Crippen LogP contribution in [0.15, 0.2) is 31.1 Å². The summed E-state index contributed by atoms with van der Waals surface area (Å²) in [5.41, 5.74) is 0.791. The number of anilines is 1. The molecule has 1 aromatic carbocycles. The molecule has 2 aromatic rings. The largest absolute Gasteiger partial charge is 0.493 e. The van der Waals surface area contributed by atoms with Gasteiger partial charge < -0.3 is 9.47 Å². The van der Waals surface area contributed by atoms with Crippen LogP contribution in [0.25, 0.3) is 0 Å². The maximum absolute atomic E-state index is 11.9. The van der Waals surface area contributed by atoms with E-state index in [0.29, 0.717) is 29.1 Å². The molecule has 0 aliphatic carbocycles. The number of carbonyl (C=O) groups is 1. The smallest absolute Gasteiger partial charge is 0.229 e. The minimum absolute atomic E-state index is 0.127. The molecule has 0 bridgehead atoms. The van der Waals surface area contributed by atoms with Gasteiger partial charge in [-0.1, -0.05) is 24.3 Å². The Hall–Kier alpha value is -2.54. The van der Waals surface area contributed by atoms with Crippen molar-refractivity contribution in [2.24, 2.45) is 0 Å². The SMILES string of the molecule is C=CCOc1c(Cl)cc([C@H]2CC(=O)Nc3ncnn32)cc1OC. The monoisotopic (exact) mass is 334 g/mol. The molecule has 23 heavy (non-hydrogen) atoms. The second-order valence-corrected chi connectivity index (χ2v) is 5.34. The van der Waals surface area contributed by atoms with Crippen molar-refractivity contribution in [2.75, 3.05) is 19.0 Å². The Kier molecular flexibility index (Phi) is 4.20. The van der Waals surface area contributed by atoms with E-state index in [9.17, 15) is 4.79 Å². The molecule has 2 heterocycles. The summed E-state index contributed by atoms with van der Waals surface area (Å²) in [6.45, 7) is 3.92. The van der Waals surface area contributed by atoms with Gasteiger partial charge in [-0.3, -0.25) is 10.1 Å². The molecule has 1 atom stereocenters. The van der Waals surface area contributed by atoms with Crippen molar-refractivity contribution in [1.82, 2.24) is 14.8 Å². The molecule has 1 aliphatic heterocycles. The quantitative estimate of drug-likeness (QED) is 0.850. The molecular weight excluding hydrogens is 320 g/mol. The molecule has 1 N–H and O–H groups in total. The second-order valence-electron chi connectivity index (χ2n) is 4.93. The van der Waals surface area contributed by atoms with E-state index in [-0.39, 0.29) is 18.4 Å². The Labute approximate surface area is 137 Å². The standard InChI is InChI=1S/C15H15ClN4O3/c1-3-4-23-14-10(16)5-9(6-12(14)22-2)11-7-13(21)19-15-17-8-18-20(11)15/h3,5-6,8,11H,1,4,7H2,2H3,(H,17,18,19,21)/t11-/m1/s1. The topological polar surface area (TPSA) is 78.3 Å². The average Bonchev–Trinajstić information content (AvgIpc) is 3.00. The van der Waals surface area contributed by atoms with E-state index in [0.717, 1.165) is 5.56 Å². The van der Waals surface area contributed by atoms with Crippen LogP contribution >= 0.6 is 11.6 Å². The van der Waals surface area contributed by atoms with Crippen LogP contribution in [0.2, 0.25) is 5.02 Å². The number of methoxy groups -OCH3 is 1. The van der Waals surface area contributed by atoms with E-state index in [1.165, 1.54) is 13.4 Å². The highest BCUT2D eigenvalue weighted by Gasteiger charge is 2.29. The first-order valence-electron chi connectivity index (χ1n) is 6.94. The van der Waals surface area contributed by atoms with E-state index in [2.05, 4.69) is 22.0 Å². The van der Waals surface area contributed by atoms with Crippen molar-refractivity contribution in [2.45, 2.75) is 12.5 Å². The van der Waals surface area contributed by atoms with Gasteiger partial charge in [0.2, 0.25) is 11.9 Å². The number of rotatable bonds is 5. The summed E-state index contributed by atoms with van der Waals surface area (Å²) in [5, 5.41) is 7.24. The van der Waals surface area contributed by atoms with Gasteiger partial charge in [0.25, 0.3) is 0 Å². The predicted octanol–water partition coefficient (Wildman–Crippen LogP) is 2.44. The molecule has 1 amide bonds. The number of ether oxygens (including phenoxy) is 2. The van der Waals surface area contributed by atoms with Crippen molar-refractivity contribution in [3.63, 3.8) is 0 Å². The maximum Gasteiger partial charge on any atom is 0.229 e. The fraction of sp³-hybridized carbons (Fsp3) is 0.267. The Morgan fingerprint density at radius 2 is 2.39 bits per heavy atom. The number of nitrogens with zero attached hydrogens (tertiary/aromatic N) is 3. The number of fused-ring (bicyclic) bond motifs is 1.